The topological polar surface area (TPSA) is 76.1 Å². The highest BCUT2D eigenvalue weighted by Gasteiger charge is 2.15. The van der Waals surface area contributed by atoms with Gasteiger partial charge in [0.05, 0.1) is 11.7 Å². The van der Waals surface area contributed by atoms with Crippen molar-refractivity contribution in [3.05, 3.63) is 46.2 Å². The Morgan fingerprint density at radius 1 is 1.38 bits per heavy atom. The van der Waals surface area contributed by atoms with Gasteiger partial charge in [-0.15, -0.1) is 0 Å². The zero-order valence-corrected chi connectivity index (χ0v) is 15.0. The van der Waals surface area contributed by atoms with Crippen molar-refractivity contribution in [3.8, 4) is 0 Å². The Morgan fingerprint density at radius 2 is 2.17 bits per heavy atom. The average molecular weight is 391 g/mol. The van der Waals surface area contributed by atoms with Crippen LogP contribution in [0.15, 0.2) is 35.1 Å². The van der Waals surface area contributed by atoms with Gasteiger partial charge in [-0.2, -0.15) is 0 Å². The molecule has 0 bridgehead atoms. The van der Waals surface area contributed by atoms with E-state index in [1.165, 1.54) is 12.4 Å². The van der Waals surface area contributed by atoms with Crippen LogP contribution in [-0.2, 0) is 4.74 Å². The number of carbonyl (C=O) groups excluding carboxylic acids is 1. The maximum atomic E-state index is 12.2. The summed E-state index contributed by atoms with van der Waals surface area (Å²) in [5.41, 5.74) is 2.24. The van der Waals surface area contributed by atoms with Crippen molar-refractivity contribution in [2.45, 2.75) is 25.9 Å². The van der Waals surface area contributed by atoms with E-state index in [1.807, 2.05) is 25.1 Å². The van der Waals surface area contributed by atoms with Crippen LogP contribution in [0.2, 0.25) is 0 Å². The molecule has 1 atom stereocenters. The molecule has 1 aliphatic heterocycles. The summed E-state index contributed by atoms with van der Waals surface area (Å²) in [4.78, 5) is 20.6. The molecule has 7 heteroatoms. The molecule has 1 unspecified atom stereocenters. The number of nitrogens with one attached hydrogen (secondary N) is 2. The van der Waals surface area contributed by atoms with E-state index in [4.69, 9.17) is 4.74 Å². The summed E-state index contributed by atoms with van der Waals surface area (Å²) in [5.74, 6) is 0.261. The van der Waals surface area contributed by atoms with Gasteiger partial charge in [0.15, 0.2) is 0 Å². The maximum absolute atomic E-state index is 12.2. The average Bonchev–Trinajstić information content (AvgIpc) is 3.10. The van der Waals surface area contributed by atoms with Crippen molar-refractivity contribution in [3.63, 3.8) is 0 Å². The molecule has 0 radical (unpaired) electrons. The number of hydrogen-bond acceptors (Lipinski definition) is 5. The third-order valence-corrected chi connectivity index (χ3v) is 4.71. The van der Waals surface area contributed by atoms with Crippen LogP contribution in [0.3, 0.4) is 0 Å². The Labute approximate surface area is 149 Å². The molecule has 24 heavy (non-hydrogen) atoms. The summed E-state index contributed by atoms with van der Waals surface area (Å²) < 4.78 is 6.48. The molecule has 2 N–H and O–H groups in total. The fourth-order valence-electron chi connectivity index (χ4n) is 2.42. The molecule has 1 amide bonds. The van der Waals surface area contributed by atoms with Crippen molar-refractivity contribution in [2.75, 3.05) is 23.8 Å². The zero-order valence-electron chi connectivity index (χ0n) is 13.4. The number of aromatic nitrogens is 2. The van der Waals surface area contributed by atoms with E-state index in [9.17, 15) is 4.79 Å². The van der Waals surface area contributed by atoms with Crippen LogP contribution < -0.4 is 10.6 Å². The molecule has 126 valence electrons. The van der Waals surface area contributed by atoms with Gasteiger partial charge in [-0.25, -0.2) is 9.97 Å². The number of amides is 1. The summed E-state index contributed by atoms with van der Waals surface area (Å²) in [7, 11) is 0. The van der Waals surface area contributed by atoms with E-state index in [0.717, 1.165) is 35.2 Å². The highest BCUT2D eigenvalue weighted by molar-refractivity contribution is 9.10. The van der Waals surface area contributed by atoms with Crippen molar-refractivity contribution in [1.29, 1.82) is 0 Å². The number of carbonyl (C=O) groups is 1. The number of anilines is 2. The smallest absolute Gasteiger partial charge is 0.258 e. The predicted octanol–water partition coefficient (Wildman–Crippen LogP) is 3.39. The van der Waals surface area contributed by atoms with Gasteiger partial charge >= 0.3 is 0 Å². The van der Waals surface area contributed by atoms with E-state index in [1.54, 1.807) is 0 Å². The molecule has 1 aromatic carbocycles. The van der Waals surface area contributed by atoms with Gasteiger partial charge in [0, 0.05) is 35.7 Å². The number of halogens is 1. The summed E-state index contributed by atoms with van der Waals surface area (Å²) in [5, 5.41) is 5.96. The van der Waals surface area contributed by atoms with Gasteiger partial charge in [0.25, 0.3) is 5.91 Å². The second-order valence-electron chi connectivity index (χ2n) is 5.73. The first-order valence-corrected chi connectivity index (χ1v) is 8.66. The summed E-state index contributed by atoms with van der Waals surface area (Å²) in [6.07, 6.45) is 5.41. The van der Waals surface area contributed by atoms with Crippen LogP contribution in [0.5, 0.6) is 0 Å². The molecule has 2 heterocycles. The molecule has 1 fully saturated rings. The van der Waals surface area contributed by atoms with Gasteiger partial charge in [-0.05, 0) is 37.5 Å². The van der Waals surface area contributed by atoms with Crippen LogP contribution in [0.25, 0.3) is 0 Å². The minimum absolute atomic E-state index is 0.219. The molecule has 0 saturated carbocycles. The van der Waals surface area contributed by atoms with E-state index < -0.39 is 0 Å². The molecule has 1 aliphatic rings. The monoisotopic (exact) mass is 390 g/mol. The normalized spacial score (nSPS) is 16.8. The Kier molecular flexibility index (Phi) is 5.42. The highest BCUT2D eigenvalue weighted by atomic mass is 79.9. The van der Waals surface area contributed by atoms with Gasteiger partial charge in [0.1, 0.15) is 0 Å². The van der Waals surface area contributed by atoms with Crippen molar-refractivity contribution < 1.29 is 9.53 Å². The fraction of sp³-hybridized carbons (Fsp3) is 0.353. The van der Waals surface area contributed by atoms with Crippen molar-refractivity contribution >= 4 is 33.5 Å². The number of nitrogens with zero attached hydrogens (tertiary/aromatic N) is 2. The van der Waals surface area contributed by atoms with Crippen LogP contribution >= 0.6 is 15.9 Å². The molecule has 6 nitrogen and oxygen atoms in total. The Bertz CT molecular complexity index is 715. The molecule has 1 aromatic heterocycles. The number of rotatable bonds is 5. The first-order chi connectivity index (χ1) is 11.6. The largest absolute Gasteiger partial charge is 0.376 e. The third-order valence-electron chi connectivity index (χ3n) is 3.86. The van der Waals surface area contributed by atoms with Crippen molar-refractivity contribution in [1.82, 2.24) is 9.97 Å². The standard InChI is InChI=1S/C17H19BrN4O2/c1-11-4-5-13(7-15(11)18)22-16(23)12-8-19-17(20-9-12)21-10-14-3-2-6-24-14/h4-5,7-9,14H,2-3,6,10H2,1H3,(H,22,23)(H,19,20,21). The Balaban J connectivity index is 1.57. The van der Waals surface area contributed by atoms with Crippen LogP contribution in [-0.4, -0.2) is 35.1 Å². The molecule has 0 spiro atoms. The van der Waals surface area contributed by atoms with Crippen LogP contribution in [0.1, 0.15) is 28.8 Å². The number of ether oxygens (including phenoxy) is 1. The van der Waals surface area contributed by atoms with E-state index in [0.29, 0.717) is 18.1 Å². The zero-order chi connectivity index (χ0) is 16.9. The highest BCUT2D eigenvalue weighted by Crippen LogP contribution is 2.21. The van der Waals surface area contributed by atoms with Gasteiger partial charge in [0.2, 0.25) is 5.95 Å². The summed E-state index contributed by atoms with van der Waals surface area (Å²) in [6.45, 7) is 3.50. The number of hydrogen-bond donors (Lipinski definition) is 2. The van der Waals surface area contributed by atoms with Gasteiger partial charge in [-0.3, -0.25) is 4.79 Å². The van der Waals surface area contributed by atoms with Crippen molar-refractivity contribution in [2.24, 2.45) is 0 Å². The molecular weight excluding hydrogens is 372 g/mol. The van der Waals surface area contributed by atoms with Gasteiger partial charge in [-0.1, -0.05) is 22.0 Å². The minimum atomic E-state index is -0.239. The van der Waals surface area contributed by atoms with Crippen LogP contribution in [0, 0.1) is 6.92 Å². The molecule has 3 rings (SSSR count). The quantitative estimate of drug-likeness (QED) is 0.817. The first-order valence-electron chi connectivity index (χ1n) is 7.87. The van der Waals surface area contributed by atoms with Crippen LogP contribution in [0.4, 0.5) is 11.6 Å². The van der Waals surface area contributed by atoms with E-state index >= 15 is 0 Å². The SMILES string of the molecule is Cc1ccc(NC(=O)c2cnc(NCC3CCCO3)nc2)cc1Br. The maximum Gasteiger partial charge on any atom is 0.258 e. The number of benzene rings is 1. The molecule has 1 saturated heterocycles. The van der Waals surface area contributed by atoms with E-state index in [2.05, 4.69) is 36.5 Å². The summed E-state index contributed by atoms with van der Waals surface area (Å²) >= 11 is 3.45. The second kappa shape index (κ2) is 7.72. The third kappa shape index (κ3) is 4.30. The Morgan fingerprint density at radius 3 is 2.83 bits per heavy atom. The first kappa shape index (κ1) is 16.9. The lowest BCUT2D eigenvalue weighted by molar-refractivity contribution is 0.102. The van der Waals surface area contributed by atoms with E-state index in [-0.39, 0.29) is 12.0 Å². The fourth-order valence-corrected chi connectivity index (χ4v) is 2.80. The minimum Gasteiger partial charge on any atom is -0.376 e. The van der Waals surface area contributed by atoms with Gasteiger partial charge < -0.3 is 15.4 Å². The molecule has 2 aromatic rings. The Hall–Kier alpha value is -1.99. The lowest BCUT2D eigenvalue weighted by Gasteiger charge is -2.11. The molecular formula is C17H19BrN4O2. The number of aryl methyl sites for hydroxylation is 1. The lowest BCUT2D eigenvalue weighted by Crippen LogP contribution is -2.20. The summed E-state index contributed by atoms with van der Waals surface area (Å²) in [6, 6.07) is 5.66. The lowest BCUT2D eigenvalue weighted by atomic mass is 10.2. The molecule has 0 aliphatic carbocycles. The predicted molar refractivity (Wildman–Crippen MR) is 96.3 cm³/mol. The second-order valence-corrected chi connectivity index (χ2v) is 6.58.